The molecule has 0 fully saturated rings. The van der Waals surface area contributed by atoms with Crippen LogP contribution < -0.4 is 5.32 Å². The van der Waals surface area contributed by atoms with Crippen molar-refractivity contribution in [1.82, 2.24) is 10.2 Å². The highest BCUT2D eigenvalue weighted by Crippen LogP contribution is 2.10. The molecule has 0 aromatic heterocycles. The molecule has 0 spiro atoms. The Balaban J connectivity index is 2.70. The first-order valence-electron chi connectivity index (χ1n) is 8.06. The van der Waals surface area contributed by atoms with Gasteiger partial charge in [0.2, 0.25) is 11.8 Å². The molecule has 2 amide bonds. The van der Waals surface area contributed by atoms with Crippen LogP contribution in [0.5, 0.6) is 0 Å². The van der Waals surface area contributed by atoms with Crippen LogP contribution in [0.25, 0.3) is 0 Å². The molecule has 0 unspecified atom stereocenters. The minimum absolute atomic E-state index is 0.00429. The van der Waals surface area contributed by atoms with E-state index in [1.807, 2.05) is 37.3 Å². The van der Waals surface area contributed by atoms with E-state index in [0.717, 1.165) is 12.0 Å². The second kappa shape index (κ2) is 9.23. The summed E-state index contributed by atoms with van der Waals surface area (Å²) in [5.41, 5.74) is 1.03. The maximum atomic E-state index is 12.3. The summed E-state index contributed by atoms with van der Waals surface area (Å²) in [6.07, 6.45) is 1.34. The summed E-state index contributed by atoms with van der Waals surface area (Å²) in [4.78, 5) is 26.1. The van der Waals surface area contributed by atoms with Crippen LogP contribution in [0.3, 0.4) is 0 Å². The molecule has 1 atom stereocenters. The molecule has 0 saturated heterocycles. The standard InChI is InChI=1S/C18H28N2O2/c1-5-17(21)20(13-16-9-7-6-8-10-16)15(4)18(22)19-12-11-14(2)3/h6-10,14-15H,5,11-13H2,1-4H3,(H,19,22)/t15-/m1/s1. The van der Waals surface area contributed by atoms with Crippen molar-refractivity contribution in [2.75, 3.05) is 6.54 Å². The maximum absolute atomic E-state index is 12.3. The van der Waals surface area contributed by atoms with Crippen LogP contribution in [0, 0.1) is 5.92 Å². The quantitative estimate of drug-likeness (QED) is 0.802. The Morgan fingerprint density at radius 2 is 1.77 bits per heavy atom. The van der Waals surface area contributed by atoms with Gasteiger partial charge in [-0.15, -0.1) is 0 Å². The van der Waals surface area contributed by atoms with Gasteiger partial charge in [0.05, 0.1) is 0 Å². The average Bonchev–Trinajstić information content (AvgIpc) is 2.51. The van der Waals surface area contributed by atoms with Crippen LogP contribution in [-0.2, 0) is 16.1 Å². The zero-order chi connectivity index (χ0) is 16.5. The summed E-state index contributed by atoms with van der Waals surface area (Å²) in [7, 11) is 0. The van der Waals surface area contributed by atoms with E-state index in [-0.39, 0.29) is 11.8 Å². The highest BCUT2D eigenvalue weighted by atomic mass is 16.2. The SMILES string of the molecule is CCC(=O)N(Cc1ccccc1)[C@H](C)C(=O)NCCC(C)C. The summed E-state index contributed by atoms with van der Waals surface area (Å²) < 4.78 is 0. The molecule has 0 aliphatic heterocycles. The molecule has 0 aliphatic carbocycles. The summed E-state index contributed by atoms with van der Waals surface area (Å²) in [5.74, 6) is 0.460. The Morgan fingerprint density at radius 1 is 1.14 bits per heavy atom. The van der Waals surface area contributed by atoms with Gasteiger partial charge in [0, 0.05) is 19.5 Å². The van der Waals surface area contributed by atoms with E-state index in [4.69, 9.17) is 0 Å². The van der Waals surface area contributed by atoms with Crippen molar-refractivity contribution in [3.05, 3.63) is 35.9 Å². The molecule has 0 bridgehead atoms. The van der Waals surface area contributed by atoms with Gasteiger partial charge in [0.25, 0.3) is 0 Å². The van der Waals surface area contributed by atoms with Gasteiger partial charge >= 0.3 is 0 Å². The van der Waals surface area contributed by atoms with Gasteiger partial charge in [-0.3, -0.25) is 9.59 Å². The van der Waals surface area contributed by atoms with Gasteiger partial charge in [-0.2, -0.15) is 0 Å². The summed E-state index contributed by atoms with van der Waals surface area (Å²) >= 11 is 0. The van der Waals surface area contributed by atoms with E-state index < -0.39 is 6.04 Å². The lowest BCUT2D eigenvalue weighted by Crippen LogP contribution is -2.47. The van der Waals surface area contributed by atoms with Crippen molar-refractivity contribution in [3.8, 4) is 0 Å². The summed E-state index contributed by atoms with van der Waals surface area (Å²) in [6, 6.07) is 9.31. The third kappa shape index (κ3) is 5.88. The van der Waals surface area contributed by atoms with E-state index >= 15 is 0 Å². The Labute approximate surface area is 133 Å². The van der Waals surface area contributed by atoms with Crippen LogP contribution >= 0.6 is 0 Å². The number of nitrogens with zero attached hydrogens (tertiary/aromatic N) is 1. The Morgan fingerprint density at radius 3 is 2.32 bits per heavy atom. The van der Waals surface area contributed by atoms with Crippen LogP contribution in [0.2, 0.25) is 0 Å². The van der Waals surface area contributed by atoms with Gasteiger partial charge in [0.15, 0.2) is 0 Å². The van der Waals surface area contributed by atoms with E-state index in [1.165, 1.54) is 0 Å². The minimum atomic E-state index is -0.459. The predicted molar refractivity (Wildman–Crippen MR) is 89.2 cm³/mol. The van der Waals surface area contributed by atoms with Crippen LogP contribution in [0.4, 0.5) is 0 Å². The number of carbonyl (C=O) groups excluding carboxylic acids is 2. The zero-order valence-electron chi connectivity index (χ0n) is 14.1. The van der Waals surface area contributed by atoms with Crippen molar-refractivity contribution < 1.29 is 9.59 Å². The number of rotatable bonds is 8. The Bertz CT molecular complexity index is 471. The van der Waals surface area contributed by atoms with Crippen LogP contribution in [0.1, 0.15) is 46.1 Å². The fourth-order valence-electron chi connectivity index (χ4n) is 2.20. The molecule has 1 N–H and O–H groups in total. The first kappa shape index (κ1) is 18.2. The molecule has 1 rings (SSSR count). The molecule has 0 saturated carbocycles. The van der Waals surface area contributed by atoms with Gasteiger partial charge in [-0.1, -0.05) is 51.1 Å². The topological polar surface area (TPSA) is 49.4 Å². The van der Waals surface area contributed by atoms with Crippen LogP contribution in [0.15, 0.2) is 30.3 Å². The van der Waals surface area contributed by atoms with E-state index in [9.17, 15) is 9.59 Å². The van der Waals surface area contributed by atoms with Gasteiger partial charge < -0.3 is 10.2 Å². The normalized spacial score (nSPS) is 12.0. The second-order valence-electron chi connectivity index (χ2n) is 6.01. The molecule has 22 heavy (non-hydrogen) atoms. The van der Waals surface area contributed by atoms with Gasteiger partial charge in [-0.05, 0) is 24.8 Å². The molecule has 0 heterocycles. The zero-order valence-corrected chi connectivity index (χ0v) is 14.1. The third-order valence-corrected chi connectivity index (χ3v) is 3.69. The molecular weight excluding hydrogens is 276 g/mol. The fraction of sp³-hybridized carbons (Fsp3) is 0.556. The second-order valence-corrected chi connectivity index (χ2v) is 6.01. The first-order chi connectivity index (χ1) is 10.5. The van der Waals surface area contributed by atoms with E-state index in [0.29, 0.717) is 25.4 Å². The summed E-state index contributed by atoms with van der Waals surface area (Å²) in [5, 5.41) is 2.93. The maximum Gasteiger partial charge on any atom is 0.242 e. The van der Waals surface area contributed by atoms with Crippen molar-refractivity contribution in [2.45, 2.75) is 53.1 Å². The molecule has 0 radical (unpaired) electrons. The van der Waals surface area contributed by atoms with Gasteiger partial charge in [0.1, 0.15) is 6.04 Å². The van der Waals surface area contributed by atoms with E-state index in [2.05, 4.69) is 19.2 Å². The number of hydrogen-bond acceptors (Lipinski definition) is 2. The first-order valence-corrected chi connectivity index (χ1v) is 8.06. The Kier molecular flexibility index (Phi) is 7.64. The number of carbonyl (C=O) groups is 2. The lowest BCUT2D eigenvalue weighted by atomic mass is 10.1. The lowest BCUT2D eigenvalue weighted by molar-refractivity contribution is -0.140. The highest BCUT2D eigenvalue weighted by molar-refractivity contribution is 5.87. The third-order valence-electron chi connectivity index (χ3n) is 3.69. The lowest BCUT2D eigenvalue weighted by Gasteiger charge is -2.28. The highest BCUT2D eigenvalue weighted by Gasteiger charge is 2.24. The average molecular weight is 304 g/mol. The van der Waals surface area contributed by atoms with Crippen molar-refractivity contribution in [2.24, 2.45) is 5.92 Å². The predicted octanol–water partition coefficient (Wildman–Crippen LogP) is 2.98. The van der Waals surface area contributed by atoms with Crippen LogP contribution in [-0.4, -0.2) is 29.3 Å². The molecule has 1 aromatic carbocycles. The smallest absolute Gasteiger partial charge is 0.242 e. The molecular formula is C18H28N2O2. The fourth-order valence-corrected chi connectivity index (χ4v) is 2.20. The molecule has 122 valence electrons. The number of nitrogens with one attached hydrogen (secondary N) is 1. The minimum Gasteiger partial charge on any atom is -0.354 e. The Hall–Kier alpha value is -1.84. The molecule has 1 aromatic rings. The van der Waals surface area contributed by atoms with Gasteiger partial charge in [-0.25, -0.2) is 0 Å². The van der Waals surface area contributed by atoms with Crippen molar-refractivity contribution in [1.29, 1.82) is 0 Å². The monoisotopic (exact) mass is 304 g/mol. The largest absolute Gasteiger partial charge is 0.354 e. The summed E-state index contributed by atoms with van der Waals surface area (Å²) in [6.45, 7) is 8.98. The molecule has 0 aliphatic rings. The van der Waals surface area contributed by atoms with Crippen molar-refractivity contribution in [3.63, 3.8) is 0 Å². The van der Waals surface area contributed by atoms with Crippen molar-refractivity contribution >= 4 is 11.8 Å². The number of amides is 2. The van der Waals surface area contributed by atoms with E-state index in [1.54, 1.807) is 11.8 Å². The molecule has 4 heteroatoms. The number of hydrogen-bond donors (Lipinski definition) is 1. The number of benzene rings is 1. The molecule has 4 nitrogen and oxygen atoms in total.